The fourth-order valence-corrected chi connectivity index (χ4v) is 1.79. The number of hydrogen-bond acceptors (Lipinski definition) is 3. The van der Waals surface area contributed by atoms with Crippen LogP contribution in [0, 0.1) is 29.9 Å². The number of nitrogens with zero attached hydrogens (tertiary/aromatic N) is 2. The molecule has 0 amide bonds. The summed E-state index contributed by atoms with van der Waals surface area (Å²) in [6.07, 6.45) is 1.48. The van der Waals surface area contributed by atoms with Crippen molar-refractivity contribution in [3.8, 4) is 6.07 Å². The molecule has 0 fully saturated rings. The number of nitriles is 1. The highest BCUT2D eigenvalue weighted by Crippen LogP contribution is 2.19. The quantitative estimate of drug-likeness (QED) is 0.876. The van der Waals surface area contributed by atoms with E-state index in [2.05, 4.69) is 10.3 Å². The lowest BCUT2D eigenvalue weighted by Crippen LogP contribution is -2.06. The van der Waals surface area contributed by atoms with Crippen molar-refractivity contribution in [2.75, 3.05) is 5.32 Å². The van der Waals surface area contributed by atoms with Gasteiger partial charge in [0.05, 0.1) is 23.5 Å². The molecule has 1 heterocycles. The average molecular weight is 294 g/mol. The molecule has 0 radical (unpaired) electrons. The first-order valence-electron chi connectivity index (χ1n) is 5.75. The number of benzene rings is 1. The lowest BCUT2D eigenvalue weighted by molar-refractivity contribution is 0.559. The Morgan fingerprint density at radius 3 is 2.50 bits per heavy atom. The van der Waals surface area contributed by atoms with E-state index in [0.29, 0.717) is 10.8 Å². The summed E-state index contributed by atoms with van der Waals surface area (Å²) in [6, 6.07) is 5.44. The molecule has 2 aromatic rings. The molecule has 2 rings (SSSR count). The minimum atomic E-state index is -0.757. The van der Waals surface area contributed by atoms with E-state index >= 15 is 0 Å². The molecule has 0 atom stereocenters. The topological polar surface area (TPSA) is 48.7 Å². The number of aromatic nitrogens is 1. The van der Waals surface area contributed by atoms with E-state index in [0.717, 1.165) is 17.7 Å². The first-order valence-corrected chi connectivity index (χ1v) is 6.13. The largest absolute Gasteiger partial charge is 0.379 e. The van der Waals surface area contributed by atoms with Gasteiger partial charge in [-0.25, -0.2) is 13.8 Å². The monoisotopic (exact) mass is 293 g/mol. The van der Waals surface area contributed by atoms with Crippen LogP contribution in [0.15, 0.2) is 24.4 Å². The average Bonchev–Trinajstić information content (AvgIpc) is 2.41. The van der Waals surface area contributed by atoms with Gasteiger partial charge in [-0.05, 0) is 30.7 Å². The van der Waals surface area contributed by atoms with Crippen molar-refractivity contribution in [2.24, 2.45) is 0 Å². The zero-order valence-corrected chi connectivity index (χ0v) is 11.3. The van der Waals surface area contributed by atoms with Gasteiger partial charge in [0.25, 0.3) is 0 Å². The molecule has 0 unspecified atom stereocenters. The highest BCUT2D eigenvalue weighted by Gasteiger charge is 2.11. The Morgan fingerprint density at radius 2 is 1.95 bits per heavy atom. The molecular weight excluding hydrogens is 284 g/mol. The van der Waals surface area contributed by atoms with Gasteiger partial charge in [0.1, 0.15) is 16.8 Å². The molecule has 0 aliphatic carbocycles. The zero-order chi connectivity index (χ0) is 14.7. The molecule has 0 aliphatic rings. The second-order valence-electron chi connectivity index (χ2n) is 4.22. The van der Waals surface area contributed by atoms with Crippen molar-refractivity contribution in [2.45, 2.75) is 13.5 Å². The molecule has 3 nitrogen and oxygen atoms in total. The summed E-state index contributed by atoms with van der Waals surface area (Å²) in [7, 11) is 0. The molecule has 1 aromatic carbocycles. The smallest absolute Gasteiger partial charge is 0.132 e. The Bertz CT molecular complexity index is 672. The minimum absolute atomic E-state index is 0.0484. The maximum atomic E-state index is 13.7. The number of aryl methyl sites for hydroxylation is 1. The number of halogens is 3. The van der Waals surface area contributed by atoms with E-state index in [1.54, 1.807) is 19.1 Å². The lowest BCUT2D eigenvalue weighted by atomic mass is 10.1. The summed E-state index contributed by atoms with van der Waals surface area (Å²) in [6.45, 7) is 1.73. The van der Waals surface area contributed by atoms with E-state index in [1.165, 1.54) is 6.20 Å². The van der Waals surface area contributed by atoms with Gasteiger partial charge in [-0.1, -0.05) is 11.6 Å². The summed E-state index contributed by atoms with van der Waals surface area (Å²) in [4.78, 5) is 3.94. The Labute approximate surface area is 119 Å². The van der Waals surface area contributed by atoms with Crippen molar-refractivity contribution >= 4 is 17.3 Å². The van der Waals surface area contributed by atoms with Gasteiger partial charge in [0.2, 0.25) is 0 Å². The molecule has 1 aromatic heterocycles. The van der Waals surface area contributed by atoms with Crippen molar-refractivity contribution in [3.63, 3.8) is 0 Å². The van der Waals surface area contributed by atoms with E-state index in [9.17, 15) is 8.78 Å². The van der Waals surface area contributed by atoms with Crippen LogP contribution in [-0.4, -0.2) is 4.98 Å². The molecule has 0 saturated heterocycles. The SMILES string of the molecule is Cc1cc(NCc2c(F)cc(C#N)cc2F)cnc1Cl. The van der Waals surface area contributed by atoms with Gasteiger partial charge < -0.3 is 5.32 Å². The van der Waals surface area contributed by atoms with Crippen LogP contribution in [-0.2, 0) is 6.54 Å². The van der Waals surface area contributed by atoms with Gasteiger partial charge in [-0.3, -0.25) is 0 Å². The Hall–Kier alpha value is -2.19. The molecule has 0 saturated carbocycles. The van der Waals surface area contributed by atoms with Gasteiger partial charge >= 0.3 is 0 Å². The highest BCUT2D eigenvalue weighted by atomic mass is 35.5. The van der Waals surface area contributed by atoms with Crippen LogP contribution in [0.2, 0.25) is 5.15 Å². The van der Waals surface area contributed by atoms with Crippen LogP contribution in [0.4, 0.5) is 14.5 Å². The highest BCUT2D eigenvalue weighted by molar-refractivity contribution is 6.30. The maximum Gasteiger partial charge on any atom is 0.132 e. The Kier molecular flexibility index (Phi) is 4.16. The van der Waals surface area contributed by atoms with Crippen LogP contribution in [0.3, 0.4) is 0 Å². The predicted octanol–water partition coefficient (Wildman–Crippen LogP) is 3.81. The summed E-state index contributed by atoms with van der Waals surface area (Å²) in [5, 5.41) is 11.9. The standard InChI is InChI=1S/C14H10ClF2N3/c1-8-2-10(6-20-14(8)15)19-7-11-12(16)3-9(5-18)4-13(11)17/h2-4,6,19H,7H2,1H3. The van der Waals surface area contributed by atoms with Crippen LogP contribution in [0.5, 0.6) is 0 Å². The van der Waals surface area contributed by atoms with E-state index in [1.807, 2.05) is 0 Å². The number of anilines is 1. The summed E-state index contributed by atoms with van der Waals surface area (Å²) >= 11 is 5.79. The first-order chi connectivity index (χ1) is 9.51. The normalized spacial score (nSPS) is 10.2. The molecule has 0 bridgehead atoms. The summed E-state index contributed by atoms with van der Waals surface area (Å²) < 4.78 is 27.4. The van der Waals surface area contributed by atoms with Crippen molar-refractivity contribution in [3.05, 3.63) is 57.9 Å². The van der Waals surface area contributed by atoms with Gasteiger partial charge in [0, 0.05) is 12.1 Å². The third kappa shape index (κ3) is 3.03. The second kappa shape index (κ2) is 5.85. The Balaban J connectivity index is 2.19. The van der Waals surface area contributed by atoms with Crippen LogP contribution in [0.1, 0.15) is 16.7 Å². The first kappa shape index (κ1) is 14.2. The number of hydrogen-bond donors (Lipinski definition) is 1. The fourth-order valence-electron chi connectivity index (χ4n) is 1.68. The maximum absolute atomic E-state index is 13.7. The third-order valence-electron chi connectivity index (χ3n) is 2.75. The summed E-state index contributed by atoms with van der Waals surface area (Å²) in [5.41, 5.74) is 1.19. The fraction of sp³-hybridized carbons (Fsp3) is 0.143. The summed E-state index contributed by atoms with van der Waals surface area (Å²) in [5.74, 6) is -1.51. The van der Waals surface area contributed by atoms with Crippen molar-refractivity contribution in [1.29, 1.82) is 5.26 Å². The van der Waals surface area contributed by atoms with Gasteiger partial charge in [-0.15, -0.1) is 0 Å². The minimum Gasteiger partial charge on any atom is -0.379 e. The van der Waals surface area contributed by atoms with Crippen LogP contribution in [0.25, 0.3) is 0 Å². The van der Waals surface area contributed by atoms with Crippen molar-refractivity contribution < 1.29 is 8.78 Å². The molecule has 20 heavy (non-hydrogen) atoms. The van der Waals surface area contributed by atoms with E-state index in [-0.39, 0.29) is 17.7 Å². The second-order valence-corrected chi connectivity index (χ2v) is 4.57. The van der Waals surface area contributed by atoms with E-state index in [4.69, 9.17) is 16.9 Å². The zero-order valence-electron chi connectivity index (χ0n) is 10.5. The van der Waals surface area contributed by atoms with E-state index < -0.39 is 11.6 Å². The van der Waals surface area contributed by atoms with Gasteiger partial charge in [0.15, 0.2) is 0 Å². The molecule has 0 aliphatic heterocycles. The number of pyridine rings is 1. The van der Waals surface area contributed by atoms with Crippen molar-refractivity contribution in [1.82, 2.24) is 4.98 Å². The molecule has 1 N–H and O–H groups in total. The number of rotatable bonds is 3. The predicted molar refractivity (Wildman–Crippen MR) is 72.4 cm³/mol. The Morgan fingerprint density at radius 1 is 1.30 bits per heavy atom. The third-order valence-corrected chi connectivity index (χ3v) is 3.15. The molecular formula is C14H10ClF2N3. The number of nitrogens with one attached hydrogen (secondary N) is 1. The molecule has 6 heteroatoms. The van der Waals surface area contributed by atoms with Crippen LogP contribution >= 0.6 is 11.6 Å². The molecule has 0 spiro atoms. The van der Waals surface area contributed by atoms with Gasteiger partial charge in [-0.2, -0.15) is 5.26 Å². The molecule has 102 valence electrons. The lowest BCUT2D eigenvalue weighted by Gasteiger charge is -2.09. The van der Waals surface area contributed by atoms with Crippen LogP contribution < -0.4 is 5.32 Å².